The average molecular weight is 407 g/mol. The monoisotopic (exact) mass is 407 g/mol. The van der Waals surface area contributed by atoms with Gasteiger partial charge >= 0.3 is 6.18 Å². The molecule has 1 atom stereocenters. The first-order valence-corrected chi connectivity index (χ1v) is 10.3. The normalized spacial score (nSPS) is 19.0. The Morgan fingerprint density at radius 1 is 1.22 bits per heavy atom. The minimum absolute atomic E-state index is 0.158. The summed E-state index contributed by atoms with van der Waals surface area (Å²) in [6.45, 7) is 2.12. The molecular formula is C17H24F3N3O3S. The zero-order valence-electron chi connectivity index (χ0n) is 15.1. The van der Waals surface area contributed by atoms with Gasteiger partial charge in [0.1, 0.15) is 6.54 Å². The van der Waals surface area contributed by atoms with Crippen molar-refractivity contribution < 1.29 is 26.4 Å². The Morgan fingerprint density at radius 2 is 1.89 bits per heavy atom. The summed E-state index contributed by atoms with van der Waals surface area (Å²) in [5.74, 6) is -0.158. The van der Waals surface area contributed by atoms with Gasteiger partial charge in [0.05, 0.1) is 10.9 Å². The van der Waals surface area contributed by atoms with E-state index in [1.54, 1.807) is 0 Å². The molecule has 1 aliphatic rings. The van der Waals surface area contributed by atoms with Crippen molar-refractivity contribution >= 4 is 21.6 Å². The molecule has 0 aliphatic carbocycles. The number of anilines is 1. The maximum atomic E-state index is 12.5. The van der Waals surface area contributed by atoms with E-state index in [0.717, 1.165) is 38.8 Å². The number of piperidine rings is 1. The third-order valence-corrected chi connectivity index (χ3v) is 5.74. The topological polar surface area (TPSA) is 78.5 Å². The number of sulfonamides is 1. The highest BCUT2D eigenvalue weighted by Gasteiger charge is 2.30. The van der Waals surface area contributed by atoms with Gasteiger partial charge in [0, 0.05) is 5.69 Å². The van der Waals surface area contributed by atoms with E-state index in [9.17, 15) is 26.4 Å². The van der Waals surface area contributed by atoms with Crippen LogP contribution < -0.4 is 10.0 Å². The number of amides is 1. The van der Waals surface area contributed by atoms with Crippen LogP contribution >= 0.6 is 0 Å². The van der Waals surface area contributed by atoms with Crippen LogP contribution in [0.1, 0.15) is 32.6 Å². The lowest BCUT2D eigenvalue weighted by Gasteiger charge is -2.34. The van der Waals surface area contributed by atoms with E-state index in [2.05, 4.69) is 17.1 Å². The molecule has 1 fully saturated rings. The van der Waals surface area contributed by atoms with Crippen molar-refractivity contribution in [2.24, 2.45) is 0 Å². The van der Waals surface area contributed by atoms with Gasteiger partial charge in [-0.1, -0.05) is 13.3 Å². The molecule has 1 saturated heterocycles. The molecule has 1 heterocycles. The van der Waals surface area contributed by atoms with Gasteiger partial charge in [0.2, 0.25) is 15.9 Å². The Bertz CT molecular complexity index is 734. The third-order valence-electron chi connectivity index (χ3n) is 4.32. The minimum Gasteiger partial charge on any atom is -0.325 e. The SMILES string of the molecule is CCCN1CCCCC1C(=O)Nc1ccc(S(=O)(=O)NCC(F)(F)F)cc1. The molecule has 0 saturated carbocycles. The van der Waals surface area contributed by atoms with Crippen LogP contribution in [0.3, 0.4) is 0 Å². The maximum Gasteiger partial charge on any atom is 0.402 e. The van der Waals surface area contributed by atoms with E-state index in [4.69, 9.17) is 0 Å². The zero-order valence-corrected chi connectivity index (χ0v) is 15.9. The van der Waals surface area contributed by atoms with Crippen molar-refractivity contribution in [1.82, 2.24) is 9.62 Å². The Morgan fingerprint density at radius 3 is 2.48 bits per heavy atom. The lowest BCUT2D eigenvalue weighted by atomic mass is 10.0. The molecule has 152 valence electrons. The summed E-state index contributed by atoms with van der Waals surface area (Å²) in [7, 11) is -4.27. The molecule has 2 N–H and O–H groups in total. The summed E-state index contributed by atoms with van der Waals surface area (Å²) >= 11 is 0. The highest BCUT2D eigenvalue weighted by Crippen LogP contribution is 2.21. The van der Waals surface area contributed by atoms with Crippen molar-refractivity contribution in [2.75, 3.05) is 25.0 Å². The fraction of sp³-hybridized carbons (Fsp3) is 0.588. The summed E-state index contributed by atoms with van der Waals surface area (Å²) in [5.41, 5.74) is 0.400. The number of halogens is 3. The number of alkyl halides is 3. The molecule has 1 aromatic rings. The first-order valence-electron chi connectivity index (χ1n) is 8.84. The van der Waals surface area contributed by atoms with Gasteiger partial charge in [-0.25, -0.2) is 13.1 Å². The van der Waals surface area contributed by atoms with Crippen LogP contribution in [0.2, 0.25) is 0 Å². The molecule has 6 nitrogen and oxygen atoms in total. The Hall–Kier alpha value is -1.65. The predicted octanol–water partition coefficient (Wildman–Crippen LogP) is 2.73. The Balaban J connectivity index is 2.01. The Labute approximate surface area is 157 Å². The maximum absolute atomic E-state index is 12.5. The second-order valence-corrected chi connectivity index (χ2v) is 8.27. The lowest BCUT2D eigenvalue weighted by Crippen LogP contribution is -2.47. The summed E-state index contributed by atoms with van der Waals surface area (Å²) in [6.07, 6.45) is -0.895. The van der Waals surface area contributed by atoms with Crippen LogP contribution in [-0.2, 0) is 14.8 Å². The van der Waals surface area contributed by atoms with Gasteiger partial charge in [0.25, 0.3) is 0 Å². The van der Waals surface area contributed by atoms with Gasteiger partial charge in [-0.3, -0.25) is 9.69 Å². The first-order chi connectivity index (χ1) is 12.6. The van der Waals surface area contributed by atoms with Crippen LogP contribution in [0.5, 0.6) is 0 Å². The zero-order chi connectivity index (χ0) is 20.1. The fourth-order valence-electron chi connectivity index (χ4n) is 3.05. The molecular weight excluding hydrogens is 383 g/mol. The molecule has 1 aromatic carbocycles. The van der Waals surface area contributed by atoms with Gasteiger partial charge in [0.15, 0.2) is 0 Å². The second kappa shape index (κ2) is 9.03. The summed E-state index contributed by atoms with van der Waals surface area (Å²) in [6, 6.07) is 4.84. The van der Waals surface area contributed by atoms with Crippen LogP contribution in [0.15, 0.2) is 29.2 Å². The number of hydrogen-bond acceptors (Lipinski definition) is 4. The molecule has 0 spiro atoms. The van der Waals surface area contributed by atoms with E-state index in [-0.39, 0.29) is 16.8 Å². The van der Waals surface area contributed by atoms with E-state index < -0.39 is 22.7 Å². The van der Waals surface area contributed by atoms with Crippen molar-refractivity contribution in [3.05, 3.63) is 24.3 Å². The molecule has 1 unspecified atom stereocenters. The molecule has 0 bridgehead atoms. The lowest BCUT2D eigenvalue weighted by molar-refractivity contribution is -0.122. The Kier molecular flexibility index (Phi) is 7.24. The van der Waals surface area contributed by atoms with Crippen LogP contribution in [0, 0.1) is 0 Å². The summed E-state index contributed by atoms with van der Waals surface area (Å²) in [5, 5.41) is 2.76. The largest absolute Gasteiger partial charge is 0.402 e. The second-order valence-electron chi connectivity index (χ2n) is 6.50. The number of carbonyl (C=O) groups is 1. The van der Waals surface area contributed by atoms with Gasteiger partial charge in [-0.05, 0) is 56.6 Å². The van der Waals surface area contributed by atoms with Crippen molar-refractivity contribution in [3.63, 3.8) is 0 Å². The number of rotatable bonds is 7. The van der Waals surface area contributed by atoms with E-state index >= 15 is 0 Å². The molecule has 0 aromatic heterocycles. The summed E-state index contributed by atoms with van der Waals surface area (Å²) < 4.78 is 61.8. The third kappa shape index (κ3) is 6.47. The highest BCUT2D eigenvalue weighted by molar-refractivity contribution is 7.89. The van der Waals surface area contributed by atoms with Crippen molar-refractivity contribution in [3.8, 4) is 0 Å². The van der Waals surface area contributed by atoms with E-state index in [1.165, 1.54) is 29.0 Å². The first kappa shape index (κ1) is 21.6. The molecule has 1 amide bonds. The smallest absolute Gasteiger partial charge is 0.325 e. The van der Waals surface area contributed by atoms with Crippen LogP contribution in [0.4, 0.5) is 18.9 Å². The number of benzene rings is 1. The molecule has 27 heavy (non-hydrogen) atoms. The van der Waals surface area contributed by atoms with Crippen molar-refractivity contribution in [2.45, 2.75) is 49.7 Å². The molecule has 0 radical (unpaired) electrons. The molecule has 2 rings (SSSR count). The fourth-order valence-corrected chi connectivity index (χ4v) is 4.06. The summed E-state index contributed by atoms with van der Waals surface area (Å²) in [4.78, 5) is 14.4. The number of hydrogen-bond donors (Lipinski definition) is 2. The van der Waals surface area contributed by atoms with Gasteiger partial charge in [-0.15, -0.1) is 0 Å². The van der Waals surface area contributed by atoms with Crippen LogP contribution in [0.25, 0.3) is 0 Å². The number of carbonyl (C=O) groups excluding carboxylic acids is 1. The molecule has 1 aliphatic heterocycles. The molecule has 10 heteroatoms. The highest BCUT2D eigenvalue weighted by atomic mass is 32.2. The van der Waals surface area contributed by atoms with Gasteiger partial charge in [-0.2, -0.15) is 13.2 Å². The van der Waals surface area contributed by atoms with Gasteiger partial charge < -0.3 is 5.32 Å². The number of nitrogens with zero attached hydrogens (tertiary/aromatic N) is 1. The van der Waals surface area contributed by atoms with E-state index in [0.29, 0.717) is 5.69 Å². The minimum atomic E-state index is -4.63. The standard InChI is InChI=1S/C17H24F3N3O3S/c1-2-10-23-11-4-3-5-15(23)16(24)22-13-6-8-14(9-7-13)27(25,26)21-12-17(18,19)20/h6-9,15,21H,2-5,10-12H2,1H3,(H,22,24). The average Bonchev–Trinajstić information content (AvgIpc) is 2.61. The van der Waals surface area contributed by atoms with E-state index in [1.807, 2.05) is 0 Å². The van der Waals surface area contributed by atoms with Crippen molar-refractivity contribution in [1.29, 1.82) is 0 Å². The predicted molar refractivity (Wildman–Crippen MR) is 95.8 cm³/mol. The van der Waals surface area contributed by atoms with Crippen LogP contribution in [-0.4, -0.2) is 51.1 Å². The number of likely N-dealkylation sites (tertiary alicyclic amines) is 1. The quantitative estimate of drug-likeness (QED) is 0.729. The number of nitrogens with one attached hydrogen (secondary N) is 2.